The summed E-state index contributed by atoms with van der Waals surface area (Å²) in [6, 6.07) is 3.75. The van der Waals surface area contributed by atoms with Crippen molar-refractivity contribution in [2.24, 2.45) is 0 Å². The van der Waals surface area contributed by atoms with Gasteiger partial charge in [-0.25, -0.2) is 9.78 Å². The molecule has 2 N–H and O–H groups in total. The van der Waals surface area contributed by atoms with Crippen LogP contribution >= 0.6 is 0 Å². The molecule has 0 unspecified atom stereocenters. The van der Waals surface area contributed by atoms with E-state index in [9.17, 15) is 9.59 Å². The second-order valence-electron chi connectivity index (χ2n) is 4.55. The number of hydrogen-bond acceptors (Lipinski definition) is 5. The highest BCUT2D eigenvalue weighted by atomic mass is 16.5. The number of pyridine rings is 1. The molecule has 0 aromatic carbocycles. The largest absolute Gasteiger partial charge is 0.450 e. The molecular weight excluding hydrogens is 272 g/mol. The summed E-state index contributed by atoms with van der Waals surface area (Å²) in [5.41, 5.74) is 0.939. The maximum absolute atomic E-state index is 11.7. The molecule has 0 fully saturated rings. The van der Waals surface area contributed by atoms with E-state index in [1.54, 1.807) is 13.1 Å². The summed E-state index contributed by atoms with van der Waals surface area (Å²) in [5, 5.41) is 5.30. The van der Waals surface area contributed by atoms with Crippen LogP contribution in [0, 0.1) is 0 Å². The second-order valence-corrected chi connectivity index (χ2v) is 4.55. The van der Waals surface area contributed by atoms with Gasteiger partial charge in [0, 0.05) is 45.4 Å². The third-order valence-corrected chi connectivity index (χ3v) is 2.66. The van der Waals surface area contributed by atoms with Gasteiger partial charge in [-0.2, -0.15) is 0 Å². The van der Waals surface area contributed by atoms with Gasteiger partial charge in [0.15, 0.2) is 0 Å². The first-order chi connectivity index (χ1) is 10.0. The number of anilines is 1. The van der Waals surface area contributed by atoms with Crippen molar-refractivity contribution in [1.82, 2.24) is 15.6 Å². The van der Waals surface area contributed by atoms with Crippen LogP contribution in [-0.4, -0.2) is 44.2 Å². The lowest BCUT2D eigenvalue weighted by atomic mass is 10.2. The lowest BCUT2D eigenvalue weighted by Gasteiger charge is -2.16. The maximum Gasteiger partial charge on any atom is 0.407 e. The monoisotopic (exact) mass is 294 g/mol. The zero-order valence-corrected chi connectivity index (χ0v) is 12.7. The van der Waals surface area contributed by atoms with E-state index >= 15 is 0 Å². The van der Waals surface area contributed by atoms with E-state index in [0.717, 1.165) is 11.4 Å². The van der Waals surface area contributed by atoms with Gasteiger partial charge in [0.1, 0.15) is 5.82 Å². The number of nitrogens with one attached hydrogen (secondary N) is 2. The molecule has 116 valence electrons. The van der Waals surface area contributed by atoms with Crippen LogP contribution in [0.25, 0.3) is 0 Å². The maximum atomic E-state index is 11.7. The normalized spacial score (nSPS) is 9.86. The highest BCUT2D eigenvalue weighted by Gasteiger charge is 2.08. The van der Waals surface area contributed by atoms with Crippen molar-refractivity contribution in [3.8, 4) is 0 Å². The number of alkyl carbamates (subject to hydrolysis) is 1. The van der Waals surface area contributed by atoms with Crippen LogP contribution in [-0.2, 0) is 16.1 Å². The molecule has 7 nitrogen and oxygen atoms in total. The minimum absolute atomic E-state index is 0.139. The SMILES string of the molecule is CCOC(=O)NCCC(=O)NCc1cccnc1N(C)C. The Morgan fingerprint density at radius 3 is 2.76 bits per heavy atom. The Morgan fingerprint density at radius 1 is 1.33 bits per heavy atom. The number of nitrogens with zero attached hydrogens (tertiary/aromatic N) is 2. The summed E-state index contributed by atoms with van der Waals surface area (Å²) in [4.78, 5) is 28.9. The number of carbonyl (C=O) groups is 2. The van der Waals surface area contributed by atoms with Crippen molar-refractivity contribution < 1.29 is 14.3 Å². The summed E-state index contributed by atoms with van der Waals surface area (Å²) in [7, 11) is 3.80. The zero-order valence-electron chi connectivity index (χ0n) is 12.7. The van der Waals surface area contributed by atoms with Crippen molar-refractivity contribution in [1.29, 1.82) is 0 Å². The number of hydrogen-bond donors (Lipinski definition) is 2. The van der Waals surface area contributed by atoms with Gasteiger partial charge in [-0.15, -0.1) is 0 Å². The molecule has 0 bridgehead atoms. The quantitative estimate of drug-likeness (QED) is 0.780. The zero-order chi connectivity index (χ0) is 15.7. The van der Waals surface area contributed by atoms with Gasteiger partial charge in [-0.05, 0) is 13.0 Å². The summed E-state index contributed by atoms with van der Waals surface area (Å²) >= 11 is 0. The fourth-order valence-electron chi connectivity index (χ4n) is 1.71. The topological polar surface area (TPSA) is 83.6 Å². The number of carbonyl (C=O) groups excluding carboxylic acids is 2. The fourth-order valence-corrected chi connectivity index (χ4v) is 1.71. The van der Waals surface area contributed by atoms with Crippen LogP contribution in [0.1, 0.15) is 18.9 Å². The summed E-state index contributed by atoms with van der Waals surface area (Å²) < 4.78 is 4.70. The van der Waals surface area contributed by atoms with Crippen molar-refractivity contribution in [3.05, 3.63) is 23.9 Å². The Labute approximate surface area is 124 Å². The van der Waals surface area contributed by atoms with Crippen LogP contribution in [0.4, 0.5) is 10.6 Å². The van der Waals surface area contributed by atoms with Crippen LogP contribution in [0.5, 0.6) is 0 Å². The lowest BCUT2D eigenvalue weighted by molar-refractivity contribution is -0.121. The van der Waals surface area contributed by atoms with E-state index in [1.807, 2.05) is 31.1 Å². The van der Waals surface area contributed by atoms with Crippen molar-refractivity contribution in [3.63, 3.8) is 0 Å². The highest BCUT2D eigenvalue weighted by molar-refractivity contribution is 5.77. The van der Waals surface area contributed by atoms with Gasteiger partial charge in [0.25, 0.3) is 0 Å². The standard InChI is InChI=1S/C14H22N4O3/c1-4-21-14(20)16-9-7-12(19)17-10-11-6-5-8-15-13(11)18(2)3/h5-6,8H,4,7,9-10H2,1-3H3,(H,16,20)(H,17,19). The average molecular weight is 294 g/mol. The van der Waals surface area contributed by atoms with E-state index in [4.69, 9.17) is 4.74 Å². The Kier molecular flexibility index (Phi) is 7.00. The molecule has 0 aliphatic rings. The molecular formula is C14H22N4O3. The van der Waals surface area contributed by atoms with Gasteiger partial charge < -0.3 is 20.3 Å². The summed E-state index contributed by atoms with van der Waals surface area (Å²) in [6.07, 6.45) is 1.41. The molecule has 21 heavy (non-hydrogen) atoms. The van der Waals surface area contributed by atoms with E-state index in [-0.39, 0.29) is 18.9 Å². The van der Waals surface area contributed by atoms with Crippen LogP contribution in [0.3, 0.4) is 0 Å². The first kappa shape index (κ1) is 16.7. The molecule has 2 amide bonds. The van der Waals surface area contributed by atoms with Gasteiger partial charge in [-0.1, -0.05) is 6.07 Å². The molecule has 0 aliphatic heterocycles. The van der Waals surface area contributed by atoms with Crippen molar-refractivity contribution in [2.75, 3.05) is 32.1 Å². The molecule has 1 aromatic heterocycles. The first-order valence-corrected chi connectivity index (χ1v) is 6.83. The Bertz CT molecular complexity index is 477. The molecule has 7 heteroatoms. The molecule has 0 saturated carbocycles. The van der Waals surface area contributed by atoms with Crippen LogP contribution < -0.4 is 15.5 Å². The molecule has 0 atom stereocenters. The average Bonchev–Trinajstić information content (AvgIpc) is 2.45. The number of amides is 2. The highest BCUT2D eigenvalue weighted by Crippen LogP contribution is 2.13. The molecule has 1 aromatic rings. The third kappa shape index (κ3) is 6.11. The van der Waals surface area contributed by atoms with Gasteiger partial charge >= 0.3 is 6.09 Å². The number of ether oxygens (including phenoxy) is 1. The smallest absolute Gasteiger partial charge is 0.407 e. The predicted molar refractivity (Wildman–Crippen MR) is 80.1 cm³/mol. The van der Waals surface area contributed by atoms with Crippen molar-refractivity contribution in [2.45, 2.75) is 19.9 Å². The third-order valence-electron chi connectivity index (χ3n) is 2.66. The minimum Gasteiger partial charge on any atom is -0.450 e. The molecule has 1 heterocycles. The first-order valence-electron chi connectivity index (χ1n) is 6.83. The van der Waals surface area contributed by atoms with E-state index < -0.39 is 6.09 Å². The summed E-state index contributed by atoms with van der Waals surface area (Å²) in [6.45, 7) is 2.69. The molecule has 1 rings (SSSR count). The molecule has 0 spiro atoms. The van der Waals surface area contributed by atoms with Gasteiger partial charge in [0.05, 0.1) is 6.61 Å². The van der Waals surface area contributed by atoms with Gasteiger partial charge in [0.2, 0.25) is 5.91 Å². The molecule has 0 radical (unpaired) electrons. The van der Waals surface area contributed by atoms with Crippen LogP contribution in [0.2, 0.25) is 0 Å². The lowest BCUT2D eigenvalue weighted by Crippen LogP contribution is -2.31. The minimum atomic E-state index is -0.507. The summed E-state index contributed by atoms with van der Waals surface area (Å²) in [5.74, 6) is 0.683. The van der Waals surface area contributed by atoms with Crippen molar-refractivity contribution >= 4 is 17.8 Å². The van der Waals surface area contributed by atoms with E-state index in [2.05, 4.69) is 15.6 Å². The van der Waals surface area contributed by atoms with E-state index in [1.165, 1.54) is 0 Å². The predicted octanol–water partition coefficient (Wildman–Crippen LogP) is 0.900. The number of rotatable bonds is 7. The van der Waals surface area contributed by atoms with Gasteiger partial charge in [-0.3, -0.25) is 4.79 Å². The Morgan fingerprint density at radius 2 is 2.10 bits per heavy atom. The second kappa shape index (κ2) is 8.78. The van der Waals surface area contributed by atoms with Crippen LogP contribution in [0.15, 0.2) is 18.3 Å². The fraction of sp³-hybridized carbons (Fsp3) is 0.500. The Balaban J connectivity index is 2.35. The molecule has 0 saturated heterocycles. The number of aromatic nitrogens is 1. The Hall–Kier alpha value is -2.31. The molecule has 0 aliphatic carbocycles. The van der Waals surface area contributed by atoms with E-state index in [0.29, 0.717) is 13.2 Å².